The molecule has 1 aromatic rings. The minimum absolute atomic E-state index is 0.153. The number of Topliss-reactive ketones (excluding diaryl/α,β-unsaturated/α-hetero) is 1. The third-order valence-electron chi connectivity index (χ3n) is 2.31. The smallest absolute Gasteiger partial charge is 0.475 e. The fourth-order valence-electron chi connectivity index (χ4n) is 1.18. The number of nitrogens with two attached hydrogens (primary N) is 1. The molecule has 1 fully saturated rings. The normalized spacial score (nSPS) is 14.3. The molecule has 2 rings (SSSR count). The highest BCUT2D eigenvalue weighted by molar-refractivity contribution is 6.03. The van der Waals surface area contributed by atoms with Crippen molar-refractivity contribution < 1.29 is 27.9 Å². The number of pyridine rings is 1. The zero-order valence-corrected chi connectivity index (χ0v) is 9.65. The SMILES string of the molecule is Nc1ccncc1C(=O)C1CC1.O=C(O)C(F)(F)F. The Morgan fingerprint density at radius 1 is 1.37 bits per heavy atom. The van der Waals surface area contributed by atoms with Gasteiger partial charge in [0.15, 0.2) is 5.78 Å². The summed E-state index contributed by atoms with van der Waals surface area (Å²) in [5.41, 5.74) is 6.75. The molecule has 0 aliphatic heterocycles. The van der Waals surface area contributed by atoms with Crippen molar-refractivity contribution in [2.24, 2.45) is 5.92 Å². The van der Waals surface area contributed by atoms with Gasteiger partial charge in [0.25, 0.3) is 0 Å². The van der Waals surface area contributed by atoms with Gasteiger partial charge in [-0.2, -0.15) is 13.2 Å². The third-order valence-corrected chi connectivity index (χ3v) is 2.31. The third kappa shape index (κ3) is 4.57. The lowest BCUT2D eigenvalue weighted by Crippen LogP contribution is -2.21. The van der Waals surface area contributed by atoms with E-state index in [0.717, 1.165) is 12.8 Å². The maximum atomic E-state index is 11.5. The molecular weight excluding hydrogens is 265 g/mol. The Balaban J connectivity index is 0.000000224. The molecule has 1 aliphatic carbocycles. The van der Waals surface area contributed by atoms with Crippen molar-refractivity contribution in [2.45, 2.75) is 19.0 Å². The second-order valence-corrected chi connectivity index (χ2v) is 3.90. The van der Waals surface area contributed by atoms with Crippen LogP contribution in [0, 0.1) is 5.92 Å². The van der Waals surface area contributed by atoms with Gasteiger partial charge in [-0.3, -0.25) is 9.78 Å². The highest BCUT2D eigenvalue weighted by Crippen LogP contribution is 2.33. The van der Waals surface area contributed by atoms with Crippen LogP contribution in [0.2, 0.25) is 0 Å². The van der Waals surface area contributed by atoms with Crippen LogP contribution in [0.15, 0.2) is 18.5 Å². The first-order valence-corrected chi connectivity index (χ1v) is 5.27. The van der Waals surface area contributed by atoms with E-state index in [1.54, 1.807) is 18.5 Å². The van der Waals surface area contributed by atoms with Crippen LogP contribution in [-0.2, 0) is 4.79 Å². The van der Waals surface area contributed by atoms with Crippen molar-refractivity contribution in [2.75, 3.05) is 5.73 Å². The topological polar surface area (TPSA) is 93.3 Å². The number of alkyl halides is 3. The second kappa shape index (κ2) is 5.68. The molecule has 19 heavy (non-hydrogen) atoms. The number of ketones is 1. The molecule has 0 bridgehead atoms. The Hall–Kier alpha value is -2.12. The fraction of sp³-hybridized carbons (Fsp3) is 0.364. The van der Waals surface area contributed by atoms with E-state index in [2.05, 4.69) is 4.98 Å². The zero-order valence-electron chi connectivity index (χ0n) is 9.65. The quantitative estimate of drug-likeness (QED) is 0.804. The van der Waals surface area contributed by atoms with Crippen molar-refractivity contribution in [3.05, 3.63) is 24.0 Å². The molecule has 0 unspecified atom stereocenters. The molecule has 0 aromatic carbocycles. The minimum atomic E-state index is -5.08. The Morgan fingerprint density at radius 3 is 2.26 bits per heavy atom. The van der Waals surface area contributed by atoms with E-state index in [1.165, 1.54) is 0 Å². The van der Waals surface area contributed by atoms with Crippen LogP contribution in [-0.4, -0.2) is 28.0 Å². The van der Waals surface area contributed by atoms with E-state index < -0.39 is 12.1 Å². The molecule has 8 heteroatoms. The zero-order chi connectivity index (χ0) is 14.6. The molecule has 1 saturated carbocycles. The summed E-state index contributed by atoms with van der Waals surface area (Å²) in [6.45, 7) is 0. The predicted molar refractivity (Wildman–Crippen MR) is 59.4 cm³/mol. The minimum Gasteiger partial charge on any atom is -0.475 e. The van der Waals surface area contributed by atoms with Crippen LogP contribution in [0.5, 0.6) is 0 Å². The molecule has 104 valence electrons. The van der Waals surface area contributed by atoms with Crippen molar-refractivity contribution in [1.82, 2.24) is 4.98 Å². The number of hydrogen-bond acceptors (Lipinski definition) is 4. The number of aliphatic carboxylic acids is 1. The molecular formula is C11H11F3N2O3. The summed E-state index contributed by atoms with van der Waals surface area (Å²) in [7, 11) is 0. The van der Waals surface area contributed by atoms with Crippen molar-refractivity contribution in [3.63, 3.8) is 0 Å². The Kier molecular flexibility index (Phi) is 4.47. The number of carboxylic acid groups (broad SMARTS) is 1. The van der Waals surface area contributed by atoms with Crippen molar-refractivity contribution in [1.29, 1.82) is 0 Å². The van der Waals surface area contributed by atoms with Crippen LogP contribution in [0.25, 0.3) is 0 Å². The lowest BCUT2D eigenvalue weighted by atomic mass is 10.1. The number of nitrogen functional groups attached to an aromatic ring is 1. The average Bonchev–Trinajstić information content (AvgIpc) is 3.12. The van der Waals surface area contributed by atoms with Crippen LogP contribution < -0.4 is 5.73 Å². The van der Waals surface area contributed by atoms with Crippen LogP contribution in [0.1, 0.15) is 23.2 Å². The van der Waals surface area contributed by atoms with Crippen LogP contribution >= 0.6 is 0 Å². The maximum absolute atomic E-state index is 11.5. The first-order chi connectivity index (χ1) is 8.73. The average molecular weight is 276 g/mol. The van der Waals surface area contributed by atoms with E-state index in [9.17, 15) is 18.0 Å². The Bertz CT molecular complexity index is 484. The summed E-state index contributed by atoms with van der Waals surface area (Å²) in [5.74, 6) is -2.38. The Labute approximate surface area is 106 Å². The number of carboxylic acids is 1. The summed E-state index contributed by atoms with van der Waals surface area (Å²) >= 11 is 0. The highest BCUT2D eigenvalue weighted by atomic mass is 19.4. The number of carbonyl (C=O) groups is 2. The fourth-order valence-corrected chi connectivity index (χ4v) is 1.18. The monoisotopic (exact) mass is 276 g/mol. The van der Waals surface area contributed by atoms with E-state index in [-0.39, 0.29) is 11.7 Å². The van der Waals surface area contributed by atoms with E-state index in [1.807, 2.05) is 0 Å². The number of hydrogen-bond donors (Lipinski definition) is 2. The molecule has 0 atom stereocenters. The summed E-state index contributed by atoms with van der Waals surface area (Å²) in [5, 5.41) is 7.12. The van der Waals surface area contributed by atoms with E-state index in [0.29, 0.717) is 11.3 Å². The molecule has 0 spiro atoms. The molecule has 3 N–H and O–H groups in total. The molecule has 0 amide bonds. The first-order valence-electron chi connectivity index (χ1n) is 5.27. The van der Waals surface area contributed by atoms with Gasteiger partial charge in [0, 0.05) is 24.0 Å². The standard InChI is InChI=1S/C9H10N2O.C2HF3O2/c10-8-3-4-11-5-7(8)9(12)6-1-2-6;3-2(4,5)1(6)7/h3-6H,1-2H2,(H2,10,11);(H,6,7). The highest BCUT2D eigenvalue weighted by Gasteiger charge is 2.38. The second-order valence-electron chi connectivity index (χ2n) is 3.90. The van der Waals surface area contributed by atoms with Gasteiger partial charge in [-0.05, 0) is 18.9 Å². The summed E-state index contributed by atoms with van der Waals surface area (Å²) in [6.07, 6.45) is 0.0787. The van der Waals surface area contributed by atoms with Gasteiger partial charge in [-0.1, -0.05) is 0 Å². The van der Waals surface area contributed by atoms with Crippen LogP contribution in [0.4, 0.5) is 18.9 Å². The number of aromatic nitrogens is 1. The molecule has 0 radical (unpaired) electrons. The molecule has 1 aliphatic rings. The van der Waals surface area contributed by atoms with Crippen molar-refractivity contribution in [3.8, 4) is 0 Å². The van der Waals surface area contributed by atoms with E-state index >= 15 is 0 Å². The molecule has 5 nitrogen and oxygen atoms in total. The van der Waals surface area contributed by atoms with Gasteiger partial charge >= 0.3 is 12.1 Å². The molecule has 1 heterocycles. The number of rotatable bonds is 2. The van der Waals surface area contributed by atoms with Gasteiger partial charge in [0.1, 0.15) is 0 Å². The lowest BCUT2D eigenvalue weighted by Gasteiger charge is -2.00. The van der Waals surface area contributed by atoms with Gasteiger partial charge in [-0.15, -0.1) is 0 Å². The summed E-state index contributed by atoms with van der Waals surface area (Å²) < 4.78 is 31.7. The summed E-state index contributed by atoms with van der Waals surface area (Å²) in [6, 6.07) is 1.66. The molecule has 0 saturated heterocycles. The van der Waals surface area contributed by atoms with Gasteiger partial charge in [0.05, 0.1) is 5.56 Å². The lowest BCUT2D eigenvalue weighted by molar-refractivity contribution is -0.192. The molecule has 1 aromatic heterocycles. The first kappa shape index (κ1) is 14.9. The number of halogens is 3. The van der Waals surface area contributed by atoms with Gasteiger partial charge < -0.3 is 10.8 Å². The van der Waals surface area contributed by atoms with Crippen LogP contribution in [0.3, 0.4) is 0 Å². The number of carbonyl (C=O) groups excluding carboxylic acids is 1. The predicted octanol–water partition coefficient (Wildman–Crippen LogP) is 1.89. The summed E-state index contributed by atoms with van der Waals surface area (Å²) in [4.78, 5) is 24.3. The van der Waals surface area contributed by atoms with Gasteiger partial charge in [0.2, 0.25) is 0 Å². The number of anilines is 1. The van der Waals surface area contributed by atoms with E-state index in [4.69, 9.17) is 15.6 Å². The van der Waals surface area contributed by atoms with Crippen molar-refractivity contribution >= 4 is 17.4 Å². The van der Waals surface area contributed by atoms with Gasteiger partial charge in [-0.25, -0.2) is 4.79 Å². The number of nitrogens with zero attached hydrogens (tertiary/aromatic N) is 1. The Morgan fingerprint density at radius 2 is 1.89 bits per heavy atom. The maximum Gasteiger partial charge on any atom is 0.490 e. The largest absolute Gasteiger partial charge is 0.490 e.